The van der Waals surface area contributed by atoms with Crippen molar-refractivity contribution in [2.45, 2.75) is 13.0 Å². The van der Waals surface area contributed by atoms with Crippen molar-refractivity contribution in [2.24, 2.45) is 0 Å². The number of carbonyl (C=O) groups is 1. The number of nitrogens with one attached hydrogen (secondary N) is 1. The second kappa shape index (κ2) is 10.3. The van der Waals surface area contributed by atoms with Crippen molar-refractivity contribution in [1.82, 2.24) is 0 Å². The van der Waals surface area contributed by atoms with Crippen LogP contribution in [0.15, 0.2) is 71.4 Å². The van der Waals surface area contributed by atoms with Crippen LogP contribution in [0.1, 0.15) is 12.0 Å². The lowest BCUT2D eigenvalue weighted by Crippen LogP contribution is -2.36. The van der Waals surface area contributed by atoms with Crippen LogP contribution in [0.4, 0.5) is 17.1 Å². The normalized spacial score (nSPS) is 13.8. The fourth-order valence-corrected chi connectivity index (χ4v) is 4.24. The summed E-state index contributed by atoms with van der Waals surface area (Å²) in [4.78, 5) is 17.1. The zero-order valence-electron chi connectivity index (χ0n) is 17.0. The standard InChI is InChI=1S/C24H27N3O2S/c28-24(25-21-6-8-23(9-7-21)26-13-15-29-16-14-26)10-12-27(18-20-11-17-30-19-20)22-4-2-1-3-5-22/h1-9,11,17,19H,10,12-16,18H2,(H,25,28). The van der Waals surface area contributed by atoms with Gasteiger partial charge >= 0.3 is 0 Å². The molecule has 0 aliphatic carbocycles. The number of rotatable bonds is 8. The molecule has 1 aliphatic rings. The van der Waals surface area contributed by atoms with Gasteiger partial charge < -0.3 is 19.9 Å². The highest BCUT2D eigenvalue weighted by Crippen LogP contribution is 2.21. The van der Waals surface area contributed by atoms with Gasteiger partial charge in [0.05, 0.1) is 13.2 Å². The summed E-state index contributed by atoms with van der Waals surface area (Å²) in [5.41, 5.74) is 4.40. The largest absolute Gasteiger partial charge is 0.378 e. The molecule has 0 bridgehead atoms. The van der Waals surface area contributed by atoms with E-state index in [0.29, 0.717) is 13.0 Å². The Morgan fingerprint density at radius 1 is 1.03 bits per heavy atom. The van der Waals surface area contributed by atoms with Crippen molar-refractivity contribution in [3.63, 3.8) is 0 Å². The highest BCUT2D eigenvalue weighted by Gasteiger charge is 2.13. The van der Waals surface area contributed by atoms with E-state index in [0.717, 1.165) is 44.2 Å². The minimum Gasteiger partial charge on any atom is -0.378 e. The maximum absolute atomic E-state index is 12.6. The predicted molar refractivity (Wildman–Crippen MR) is 125 cm³/mol. The molecule has 1 saturated heterocycles. The first-order valence-corrected chi connectivity index (χ1v) is 11.3. The van der Waals surface area contributed by atoms with Crippen molar-refractivity contribution in [1.29, 1.82) is 0 Å². The van der Waals surface area contributed by atoms with Gasteiger partial charge in [0.2, 0.25) is 5.91 Å². The molecular weight excluding hydrogens is 394 g/mol. The summed E-state index contributed by atoms with van der Waals surface area (Å²) in [6.07, 6.45) is 0.435. The molecule has 1 aliphatic heterocycles. The maximum Gasteiger partial charge on any atom is 0.226 e. The number of morpholine rings is 1. The summed E-state index contributed by atoms with van der Waals surface area (Å²) in [7, 11) is 0. The van der Waals surface area contributed by atoms with Crippen molar-refractivity contribution in [2.75, 3.05) is 48.0 Å². The average Bonchev–Trinajstić information content (AvgIpc) is 3.31. The van der Waals surface area contributed by atoms with E-state index in [1.54, 1.807) is 11.3 Å². The number of thiophene rings is 1. The molecule has 3 aromatic rings. The predicted octanol–water partition coefficient (Wildman–Crippen LogP) is 4.62. The molecule has 0 atom stereocenters. The van der Waals surface area contributed by atoms with Gasteiger partial charge in [-0.05, 0) is 58.8 Å². The van der Waals surface area contributed by atoms with Crippen molar-refractivity contribution in [3.8, 4) is 0 Å². The average molecular weight is 422 g/mol. The number of hydrogen-bond donors (Lipinski definition) is 1. The number of anilines is 3. The zero-order chi connectivity index (χ0) is 20.6. The quantitative estimate of drug-likeness (QED) is 0.576. The van der Waals surface area contributed by atoms with E-state index in [1.807, 2.05) is 30.3 Å². The van der Waals surface area contributed by atoms with Crippen LogP contribution in [0, 0.1) is 0 Å². The molecule has 0 radical (unpaired) electrons. The summed E-state index contributed by atoms with van der Waals surface area (Å²) in [5, 5.41) is 7.28. The molecule has 30 heavy (non-hydrogen) atoms. The third-order valence-corrected chi connectivity index (χ3v) is 5.94. The molecule has 1 aromatic heterocycles. The molecule has 1 N–H and O–H groups in total. The number of nitrogens with zero attached hydrogens (tertiary/aromatic N) is 2. The molecule has 6 heteroatoms. The molecule has 2 heterocycles. The van der Waals surface area contributed by atoms with Crippen molar-refractivity contribution >= 4 is 34.3 Å². The molecule has 4 rings (SSSR count). The maximum atomic E-state index is 12.6. The van der Waals surface area contributed by atoms with E-state index >= 15 is 0 Å². The number of ether oxygens (including phenoxy) is 1. The monoisotopic (exact) mass is 421 g/mol. The van der Waals surface area contributed by atoms with E-state index in [1.165, 1.54) is 11.3 Å². The first-order valence-electron chi connectivity index (χ1n) is 10.3. The van der Waals surface area contributed by atoms with Crippen LogP contribution in [0.5, 0.6) is 0 Å². The van der Waals surface area contributed by atoms with Crippen LogP contribution in [0.25, 0.3) is 0 Å². The lowest BCUT2D eigenvalue weighted by atomic mass is 10.2. The summed E-state index contributed by atoms with van der Waals surface area (Å²) >= 11 is 1.70. The van der Waals surface area contributed by atoms with Gasteiger partial charge in [-0.25, -0.2) is 0 Å². The van der Waals surface area contributed by atoms with Gasteiger partial charge in [0.1, 0.15) is 0 Å². The SMILES string of the molecule is O=C(CCN(Cc1ccsc1)c1ccccc1)Nc1ccc(N2CCOCC2)cc1. The van der Waals surface area contributed by atoms with Crippen LogP contribution in [-0.4, -0.2) is 38.8 Å². The van der Waals surface area contributed by atoms with E-state index < -0.39 is 0 Å². The summed E-state index contributed by atoms with van der Waals surface area (Å²) < 4.78 is 5.41. The highest BCUT2D eigenvalue weighted by atomic mass is 32.1. The van der Waals surface area contributed by atoms with Crippen molar-refractivity contribution in [3.05, 3.63) is 77.0 Å². The Morgan fingerprint density at radius 2 is 1.80 bits per heavy atom. The summed E-state index contributed by atoms with van der Waals surface area (Å²) in [6.45, 7) is 4.81. The first kappa shape index (κ1) is 20.4. The molecule has 0 unspecified atom stereocenters. The van der Waals surface area contributed by atoms with Gasteiger partial charge in [0.15, 0.2) is 0 Å². The molecule has 156 valence electrons. The number of carbonyl (C=O) groups excluding carboxylic acids is 1. The number of hydrogen-bond acceptors (Lipinski definition) is 5. The molecular formula is C24H27N3O2S. The van der Waals surface area contributed by atoms with Gasteiger partial charge in [0.25, 0.3) is 0 Å². The lowest BCUT2D eigenvalue weighted by molar-refractivity contribution is -0.116. The number of para-hydroxylation sites is 1. The lowest BCUT2D eigenvalue weighted by Gasteiger charge is -2.29. The van der Waals surface area contributed by atoms with Crippen molar-refractivity contribution < 1.29 is 9.53 Å². The van der Waals surface area contributed by atoms with Gasteiger partial charge in [-0.2, -0.15) is 11.3 Å². The second-order valence-electron chi connectivity index (χ2n) is 7.33. The highest BCUT2D eigenvalue weighted by molar-refractivity contribution is 7.07. The molecule has 0 spiro atoms. The Kier molecular flexibility index (Phi) is 7.00. The number of benzene rings is 2. The van der Waals surface area contributed by atoms with Gasteiger partial charge in [-0.1, -0.05) is 18.2 Å². The molecule has 1 amide bonds. The van der Waals surface area contributed by atoms with Crippen LogP contribution >= 0.6 is 11.3 Å². The molecule has 0 saturated carbocycles. The van der Waals surface area contributed by atoms with Crippen LogP contribution in [0.3, 0.4) is 0 Å². The Bertz CT molecular complexity index is 907. The third-order valence-electron chi connectivity index (χ3n) is 5.21. The fraction of sp³-hybridized carbons (Fsp3) is 0.292. The van der Waals surface area contributed by atoms with E-state index in [9.17, 15) is 4.79 Å². The second-order valence-corrected chi connectivity index (χ2v) is 8.11. The third kappa shape index (κ3) is 5.62. The zero-order valence-corrected chi connectivity index (χ0v) is 17.8. The Balaban J connectivity index is 1.33. The summed E-state index contributed by atoms with van der Waals surface area (Å²) in [5.74, 6) is 0.0281. The van der Waals surface area contributed by atoms with Crippen LogP contribution < -0.4 is 15.1 Å². The van der Waals surface area contributed by atoms with Gasteiger partial charge in [0, 0.05) is 49.7 Å². The van der Waals surface area contributed by atoms with Crippen LogP contribution in [0.2, 0.25) is 0 Å². The van der Waals surface area contributed by atoms with Gasteiger partial charge in [-0.15, -0.1) is 0 Å². The smallest absolute Gasteiger partial charge is 0.226 e. The molecule has 2 aromatic carbocycles. The summed E-state index contributed by atoms with van der Waals surface area (Å²) in [6, 6.07) is 20.5. The topological polar surface area (TPSA) is 44.8 Å². The Hall–Kier alpha value is -2.83. The minimum absolute atomic E-state index is 0.0281. The first-order chi connectivity index (χ1) is 14.8. The van der Waals surface area contributed by atoms with E-state index in [-0.39, 0.29) is 5.91 Å². The number of amides is 1. The molecule has 5 nitrogen and oxygen atoms in total. The Morgan fingerprint density at radius 3 is 2.50 bits per heavy atom. The molecule has 1 fully saturated rings. The Labute approximate surface area is 181 Å². The van der Waals surface area contributed by atoms with Crippen LogP contribution in [-0.2, 0) is 16.1 Å². The van der Waals surface area contributed by atoms with E-state index in [2.05, 4.69) is 56.2 Å². The fourth-order valence-electron chi connectivity index (χ4n) is 3.58. The van der Waals surface area contributed by atoms with E-state index in [4.69, 9.17) is 4.74 Å². The minimum atomic E-state index is 0.0281. The van der Waals surface area contributed by atoms with Gasteiger partial charge in [-0.3, -0.25) is 4.79 Å².